The maximum Gasteiger partial charge on any atom is 0.227 e. The summed E-state index contributed by atoms with van der Waals surface area (Å²) in [6.45, 7) is 1.57. The molecule has 0 radical (unpaired) electrons. The first kappa shape index (κ1) is 19.9. The third-order valence-electron chi connectivity index (χ3n) is 4.67. The predicted molar refractivity (Wildman–Crippen MR) is 111 cm³/mol. The molecule has 9 nitrogen and oxygen atoms in total. The monoisotopic (exact) mass is 422 g/mol. The average Bonchev–Trinajstić information content (AvgIpc) is 3.16. The maximum atomic E-state index is 12.1. The number of ether oxygens (including phenoxy) is 1. The first-order valence-corrected chi connectivity index (χ1v) is 9.12. The van der Waals surface area contributed by atoms with Gasteiger partial charge in [-0.2, -0.15) is 0 Å². The van der Waals surface area contributed by atoms with E-state index < -0.39 is 11.2 Å². The Kier molecular flexibility index (Phi) is 4.78. The van der Waals surface area contributed by atoms with Crippen LogP contribution in [0.25, 0.3) is 34.1 Å². The summed E-state index contributed by atoms with van der Waals surface area (Å²) in [6, 6.07) is 9.67. The zero-order valence-electron chi connectivity index (χ0n) is 16.5. The number of phenols is 3. The van der Waals surface area contributed by atoms with Crippen LogP contribution in [-0.4, -0.2) is 37.5 Å². The van der Waals surface area contributed by atoms with Crippen molar-refractivity contribution in [2.75, 3.05) is 7.11 Å². The number of H-pyrrole nitrogens is 1. The van der Waals surface area contributed by atoms with Crippen LogP contribution < -0.4 is 10.2 Å². The second-order valence-corrected chi connectivity index (χ2v) is 6.80. The topological polar surface area (TPSA) is 149 Å². The molecule has 2 heterocycles. The summed E-state index contributed by atoms with van der Waals surface area (Å²) in [7, 11) is 1.40. The van der Waals surface area contributed by atoms with Crippen molar-refractivity contribution in [3.8, 4) is 62.8 Å². The van der Waals surface area contributed by atoms with Gasteiger partial charge in [-0.05, 0) is 37.3 Å². The van der Waals surface area contributed by atoms with E-state index in [0.29, 0.717) is 5.56 Å². The minimum atomic E-state index is -0.628. The van der Waals surface area contributed by atoms with Crippen LogP contribution in [0.4, 0.5) is 0 Å². The fraction of sp³-hybridized carbons (Fsp3) is 0.0909. The van der Waals surface area contributed by atoms with Crippen molar-refractivity contribution in [3.05, 3.63) is 58.4 Å². The number of nitrogens with one attached hydrogen (secondary N) is 1. The molecule has 0 saturated carbocycles. The lowest BCUT2D eigenvalue weighted by atomic mass is 10.1. The highest BCUT2D eigenvalue weighted by molar-refractivity contribution is 5.83. The number of nitrogens with zero attached hydrogens (tertiary/aromatic N) is 1. The number of aryl methyl sites for hydroxylation is 1. The molecule has 9 heteroatoms. The number of phenolic OH excluding ortho intramolecular Hbond substituents is 3. The minimum Gasteiger partial charge on any atom is -0.508 e. The van der Waals surface area contributed by atoms with Crippen molar-refractivity contribution in [2.24, 2.45) is 0 Å². The predicted octanol–water partition coefficient (Wildman–Crippen LogP) is 3.50. The average molecular weight is 422 g/mol. The zero-order chi connectivity index (χ0) is 22.3. The van der Waals surface area contributed by atoms with Crippen molar-refractivity contribution in [2.45, 2.75) is 6.92 Å². The van der Waals surface area contributed by atoms with Gasteiger partial charge in [0.25, 0.3) is 0 Å². The number of methoxy groups -OCH3 is 1. The van der Waals surface area contributed by atoms with Gasteiger partial charge in [-0.3, -0.25) is 4.79 Å². The fourth-order valence-corrected chi connectivity index (χ4v) is 3.19. The molecule has 158 valence electrons. The van der Waals surface area contributed by atoms with Gasteiger partial charge in [0, 0.05) is 17.7 Å². The van der Waals surface area contributed by atoms with E-state index in [0.717, 1.165) is 12.1 Å². The molecule has 4 rings (SSSR count). The molecule has 4 aromatic rings. The zero-order valence-corrected chi connectivity index (χ0v) is 16.5. The standard InChI is InChI=1S/C22H18N2O7/c1-10-7-16(28)20(29)21(31-10)19-18(11-3-6-14(26)17(8-11)30-2)23-22(24-19)13-5-4-12(25)9-15(13)27/h3-9,25-27,29H,1-2H3,(H,23,24). The summed E-state index contributed by atoms with van der Waals surface area (Å²) in [4.78, 5) is 19.6. The number of hydrogen-bond acceptors (Lipinski definition) is 8. The number of aromatic hydroxyl groups is 4. The molecular weight excluding hydrogens is 404 g/mol. The molecule has 0 unspecified atom stereocenters. The lowest BCUT2D eigenvalue weighted by Gasteiger charge is -2.08. The third-order valence-corrected chi connectivity index (χ3v) is 4.67. The molecule has 0 fully saturated rings. The molecule has 2 aromatic heterocycles. The van der Waals surface area contributed by atoms with Crippen molar-refractivity contribution >= 4 is 0 Å². The lowest BCUT2D eigenvalue weighted by Crippen LogP contribution is -2.01. The second-order valence-electron chi connectivity index (χ2n) is 6.80. The van der Waals surface area contributed by atoms with Crippen LogP contribution in [0.1, 0.15) is 5.76 Å². The summed E-state index contributed by atoms with van der Waals surface area (Å²) in [5, 5.41) is 40.1. The van der Waals surface area contributed by atoms with Gasteiger partial charge in [-0.1, -0.05) is 0 Å². The van der Waals surface area contributed by atoms with E-state index in [2.05, 4.69) is 9.97 Å². The fourth-order valence-electron chi connectivity index (χ4n) is 3.19. The molecule has 0 aliphatic rings. The highest BCUT2D eigenvalue weighted by Crippen LogP contribution is 2.40. The molecule has 0 bridgehead atoms. The Hall–Kier alpha value is -4.40. The van der Waals surface area contributed by atoms with E-state index in [-0.39, 0.29) is 57.3 Å². The van der Waals surface area contributed by atoms with Gasteiger partial charge in [0.15, 0.2) is 17.3 Å². The maximum absolute atomic E-state index is 12.1. The summed E-state index contributed by atoms with van der Waals surface area (Å²) < 4.78 is 10.8. The highest BCUT2D eigenvalue weighted by Gasteiger charge is 2.23. The molecule has 0 amide bonds. The molecule has 31 heavy (non-hydrogen) atoms. The normalized spacial score (nSPS) is 10.9. The molecule has 0 aliphatic carbocycles. The van der Waals surface area contributed by atoms with E-state index >= 15 is 0 Å². The third kappa shape index (κ3) is 3.52. The Labute approximate surface area is 175 Å². The van der Waals surface area contributed by atoms with Gasteiger partial charge < -0.3 is 34.6 Å². The Bertz CT molecular complexity index is 1350. The minimum absolute atomic E-state index is 0.0790. The van der Waals surface area contributed by atoms with Gasteiger partial charge >= 0.3 is 0 Å². The van der Waals surface area contributed by atoms with Crippen LogP contribution in [0.3, 0.4) is 0 Å². The Morgan fingerprint density at radius 2 is 1.77 bits per heavy atom. The van der Waals surface area contributed by atoms with E-state index in [9.17, 15) is 25.2 Å². The molecule has 5 N–H and O–H groups in total. The summed E-state index contributed by atoms with van der Waals surface area (Å²) in [6.07, 6.45) is 0. The summed E-state index contributed by atoms with van der Waals surface area (Å²) in [5.41, 5.74) is 0.564. The molecule has 0 atom stereocenters. The Balaban J connectivity index is 2.01. The quantitative estimate of drug-likeness (QED) is 0.335. The SMILES string of the molecule is COc1cc(-c2nc(-c3ccc(O)cc3O)[nH]c2-c2oc(C)cc(=O)c2O)ccc1O. The van der Waals surface area contributed by atoms with Crippen LogP contribution in [-0.2, 0) is 0 Å². The molecular formula is C22H18N2O7. The second kappa shape index (κ2) is 7.45. The number of rotatable bonds is 4. The first-order chi connectivity index (χ1) is 14.8. The van der Waals surface area contributed by atoms with E-state index in [1.807, 2.05) is 0 Å². The Morgan fingerprint density at radius 1 is 1.00 bits per heavy atom. The van der Waals surface area contributed by atoms with Crippen molar-refractivity contribution in [3.63, 3.8) is 0 Å². The van der Waals surface area contributed by atoms with Crippen LogP contribution in [0, 0.1) is 6.92 Å². The largest absolute Gasteiger partial charge is 0.508 e. The van der Waals surface area contributed by atoms with E-state index in [1.165, 1.54) is 31.4 Å². The van der Waals surface area contributed by atoms with Crippen molar-refractivity contribution in [1.29, 1.82) is 0 Å². The van der Waals surface area contributed by atoms with E-state index in [4.69, 9.17) is 9.15 Å². The number of aromatic amines is 1. The smallest absolute Gasteiger partial charge is 0.227 e. The highest BCUT2D eigenvalue weighted by atomic mass is 16.5. The summed E-state index contributed by atoms with van der Waals surface area (Å²) in [5.74, 6) is -0.524. The van der Waals surface area contributed by atoms with Gasteiger partial charge in [0.05, 0.1) is 12.7 Å². The van der Waals surface area contributed by atoms with Gasteiger partial charge in [-0.15, -0.1) is 0 Å². The summed E-state index contributed by atoms with van der Waals surface area (Å²) >= 11 is 0. The number of hydrogen-bond donors (Lipinski definition) is 5. The van der Waals surface area contributed by atoms with Crippen LogP contribution in [0.15, 0.2) is 51.7 Å². The van der Waals surface area contributed by atoms with Crippen LogP contribution in [0.5, 0.6) is 28.7 Å². The van der Waals surface area contributed by atoms with Crippen molar-refractivity contribution in [1.82, 2.24) is 9.97 Å². The van der Waals surface area contributed by atoms with Crippen LogP contribution >= 0.6 is 0 Å². The van der Waals surface area contributed by atoms with Gasteiger partial charge in [0.2, 0.25) is 11.2 Å². The Morgan fingerprint density at radius 3 is 2.48 bits per heavy atom. The van der Waals surface area contributed by atoms with Gasteiger partial charge in [-0.25, -0.2) is 4.98 Å². The van der Waals surface area contributed by atoms with Crippen LogP contribution in [0.2, 0.25) is 0 Å². The van der Waals surface area contributed by atoms with E-state index in [1.54, 1.807) is 13.0 Å². The molecule has 2 aromatic carbocycles. The number of imidazole rings is 1. The van der Waals surface area contributed by atoms with Crippen molar-refractivity contribution < 1.29 is 29.6 Å². The lowest BCUT2D eigenvalue weighted by molar-refractivity contribution is 0.373. The first-order valence-electron chi connectivity index (χ1n) is 9.12. The van der Waals surface area contributed by atoms with Gasteiger partial charge in [0.1, 0.15) is 34.5 Å². The number of benzene rings is 2. The molecule has 0 aliphatic heterocycles. The molecule has 0 saturated heterocycles. The number of aromatic nitrogens is 2. The molecule has 0 spiro atoms.